The van der Waals surface area contributed by atoms with Gasteiger partial charge in [-0.25, -0.2) is 4.98 Å². The van der Waals surface area contributed by atoms with E-state index in [1.165, 1.54) is 5.56 Å². The predicted molar refractivity (Wildman–Crippen MR) is 127 cm³/mol. The Morgan fingerprint density at radius 3 is 2.41 bits per heavy atom. The number of ether oxygens (including phenoxy) is 1. The Morgan fingerprint density at radius 1 is 0.969 bits per heavy atom. The number of imidazole rings is 1. The number of aromatic nitrogens is 2. The average molecular weight is 422 g/mol. The lowest BCUT2D eigenvalue weighted by atomic mass is 9.88. The van der Waals surface area contributed by atoms with Crippen molar-refractivity contribution in [1.82, 2.24) is 9.55 Å². The van der Waals surface area contributed by atoms with Gasteiger partial charge in [-0.05, 0) is 40.3 Å². The Hall–Kier alpha value is -3.68. The van der Waals surface area contributed by atoms with Gasteiger partial charge < -0.3 is 9.30 Å². The molecule has 0 spiro atoms. The summed E-state index contributed by atoms with van der Waals surface area (Å²) in [4.78, 5) is 4.31. The molecule has 0 saturated carbocycles. The summed E-state index contributed by atoms with van der Waals surface area (Å²) in [6.07, 6.45) is 3.32. The quantitative estimate of drug-likeness (QED) is 0.347. The second-order valence-electron chi connectivity index (χ2n) is 8.26. The Kier molecular flexibility index (Phi) is 6.49. The summed E-state index contributed by atoms with van der Waals surface area (Å²) in [6, 6.07) is 26.8. The zero-order valence-electron chi connectivity index (χ0n) is 18.7. The highest BCUT2D eigenvalue weighted by molar-refractivity contribution is 5.74. The van der Waals surface area contributed by atoms with Crippen molar-refractivity contribution in [2.45, 2.75) is 32.5 Å². The molecule has 4 heteroatoms. The fraction of sp³-hybridized carbons (Fsp3) is 0.214. The number of aryl methyl sites for hydroxylation is 1. The molecule has 1 heterocycles. The minimum atomic E-state index is -0.305. The van der Waals surface area contributed by atoms with Crippen molar-refractivity contribution in [1.29, 1.82) is 5.26 Å². The average Bonchev–Trinajstić information content (AvgIpc) is 3.25. The third-order valence-electron chi connectivity index (χ3n) is 5.72. The summed E-state index contributed by atoms with van der Waals surface area (Å²) in [5.41, 5.74) is 6.99. The molecular weight excluding hydrogens is 394 g/mol. The van der Waals surface area contributed by atoms with Gasteiger partial charge in [0.15, 0.2) is 0 Å². The molecule has 0 amide bonds. The van der Waals surface area contributed by atoms with Crippen molar-refractivity contribution in [2.75, 3.05) is 0 Å². The summed E-state index contributed by atoms with van der Waals surface area (Å²) in [7, 11) is 1.97. The zero-order chi connectivity index (χ0) is 22.5. The molecule has 0 radical (unpaired) electrons. The molecule has 32 heavy (non-hydrogen) atoms. The first kappa shape index (κ1) is 21.5. The van der Waals surface area contributed by atoms with E-state index >= 15 is 0 Å². The maximum Gasteiger partial charge on any atom is 0.124 e. The van der Waals surface area contributed by atoms with Crippen molar-refractivity contribution in [2.24, 2.45) is 7.05 Å². The van der Waals surface area contributed by atoms with Crippen LogP contribution in [0.25, 0.3) is 11.1 Å². The Labute approximate surface area is 189 Å². The maximum absolute atomic E-state index is 9.82. The molecule has 0 aliphatic heterocycles. The van der Waals surface area contributed by atoms with Gasteiger partial charge in [0.05, 0.1) is 36.5 Å². The highest BCUT2D eigenvalue weighted by Gasteiger charge is 2.21. The van der Waals surface area contributed by atoms with Crippen molar-refractivity contribution in [3.8, 4) is 17.2 Å². The minimum Gasteiger partial charge on any atom is -0.363 e. The van der Waals surface area contributed by atoms with Crippen LogP contribution in [0.3, 0.4) is 0 Å². The third kappa shape index (κ3) is 4.49. The summed E-state index contributed by atoms with van der Waals surface area (Å²) < 4.78 is 8.42. The molecule has 0 aliphatic carbocycles. The van der Waals surface area contributed by atoms with Gasteiger partial charge in [-0.1, -0.05) is 74.5 Å². The highest BCUT2D eigenvalue weighted by atomic mass is 16.5. The van der Waals surface area contributed by atoms with Gasteiger partial charge in [-0.15, -0.1) is 0 Å². The fourth-order valence-electron chi connectivity index (χ4n) is 4.02. The van der Waals surface area contributed by atoms with E-state index in [-0.39, 0.29) is 6.10 Å². The predicted octanol–water partition coefficient (Wildman–Crippen LogP) is 6.39. The van der Waals surface area contributed by atoms with Crippen LogP contribution in [0.2, 0.25) is 0 Å². The van der Waals surface area contributed by atoms with E-state index in [1.54, 1.807) is 6.33 Å². The molecule has 4 rings (SSSR count). The van der Waals surface area contributed by atoms with Gasteiger partial charge >= 0.3 is 0 Å². The molecule has 1 aromatic heterocycles. The monoisotopic (exact) mass is 421 g/mol. The molecule has 4 aromatic rings. The molecule has 1 unspecified atom stereocenters. The molecule has 160 valence electrons. The lowest BCUT2D eigenvalue weighted by Gasteiger charge is -2.21. The van der Waals surface area contributed by atoms with Gasteiger partial charge in [0.2, 0.25) is 0 Å². The van der Waals surface area contributed by atoms with E-state index in [0.717, 1.165) is 27.9 Å². The van der Waals surface area contributed by atoms with Crippen LogP contribution >= 0.6 is 0 Å². The molecule has 4 nitrogen and oxygen atoms in total. The summed E-state index contributed by atoms with van der Waals surface area (Å²) in [5.74, 6) is 0.351. The largest absolute Gasteiger partial charge is 0.363 e. The van der Waals surface area contributed by atoms with Crippen molar-refractivity contribution >= 4 is 0 Å². The Bertz CT molecular complexity index is 1240. The van der Waals surface area contributed by atoms with Gasteiger partial charge in [0.1, 0.15) is 6.10 Å². The van der Waals surface area contributed by atoms with Gasteiger partial charge in [-0.3, -0.25) is 0 Å². The summed E-state index contributed by atoms with van der Waals surface area (Å²) >= 11 is 0. The SMILES string of the molecule is CC(C)c1ccccc1-c1cc(C(OCc2ccccc2)c2cncn2C)ccc1C#N. The molecule has 0 N–H and O–H groups in total. The van der Waals surface area contributed by atoms with Crippen molar-refractivity contribution < 1.29 is 4.74 Å². The Balaban J connectivity index is 1.79. The first-order chi connectivity index (χ1) is 15.6. The molecule has 3 aromatic carbocycles. The lowest BCUT2D eigenvalue weighted by Crippen LogP contribution is -2.11. The van der Waals surface area contributed by atoms with Crippen LogP contribution in [0.4, 0.5) is 0 Å². The van der Waals surface area contributed by atoms with Crippen LogP contribution in [0.5, 0.6) is 0 Å². The topological polar surface area (TPSA) is 50.8 Å². The third-order valence-corrected chi connectivity index (χ3v) is 5.72. The number of hydrogen-bond acceptors (Lipinski definition) is 3. The molecule has 0 aliphatic rings. The van der Waals surface area contributed by atoms with Crippen LogP contribution in [-0.2, 0) is 18.4 Å². The van der Waals surface area contributed by atoms with E-state index in [9.17, 15) is 5.26 Å². The molecule has 1 atom stereocenters. The van der Waals surface area contributed by atoms with E-state index in [2.05, 4.69) is 61.3 Å². The first-order valence-electron chi connectivity index (χ1n) is 10.8. The van der Waals surface area contributed by atoms with Crippen LogP contribution in [0.1, 0.15) is 53.8 Å². The van der Waals surface area contributed by atoms with Gasteiger partial charge in [0, 0.05) is 12.6 Å². The molecule has 0 bridgehead atoms. The Morgan fingerprint density at radius 2 is 1.72 bits per heavy atom. The van der Waals surface area contributed by atoms with Crippen LogP contribution in [0.15, 0.2) is 85.3 Å². The number of nitriles is 1. The van der Waals surface area contributed by atoms with E-state index in [0.29, 0.717) is 18.1 Å². The van der Waals surface area contributed by atoms with Crippen LogP contribution < -0.4 is 0 Å². The standard InChI is InChI=1S/C28H27N3O/c1-20(2)24-11-7-8-12-25(24)26-15-22(13-14-23(26)16-29)28(27-17-30-19-31(27)3)32-18-21-9-5-4-6-10-21/h4-15,17,19-20,28H,18H2,1-3H3. The van der Waals surface area contributed by atoms with Crippen molar-refractivity contribution in [3.63, 3.8) is 0 Å². The number of nitrogens with zero attached hydrogens (tertiary/aromatic N) is 3. The summed E-state index contributed by atoms with van der Waals surface area (Å²) in [5, 5.41) is 9.82. The van der Waals surface area contributed by atoms with Gasteiger partial charge in [0.25, 0.3) is 0 Å². The minimum absolute atomic E-state index is 0.305. The maximum atomic E-state index is 9.82. The number of benzene rings is 3. The number of hydrogen-bond donors (Lipinski definition) is 0. The molecular formula is C28H27N3O. The van der Waals surface area contributed by atoms with Gasteiger partial charge in [-0.2, -0.15) is 5.26 Å². The second-order valence-corrected chi connectivity index (χ2v) is 8.26. The molecule has 0 saturated heterocycles. The first-order valence-corrected chi connectivity index (χ1v) is 10.8. The van der Waals surface area contributed by atoms with E-state index in [4.69, 9.17) is 4.74 Å². The normalized spacial score (nSPS) is 12.0. The van der Waals surface area contributed by atoms with Crippen LogP contribution in [-0.4, -0.2) is 9.55 Å². The highest BCUT2D eigenvalue weighted by Crippen LogP contribution is 2.35. The lowest BCUT2D eigenvalue weighted by molar-refractivity contribution is 0.0622. The van der Waals surface area contributed by atoms with Crippen LogP contribution in [0, 0.1) is 11.3 Å². The molecule has 0 fully saturated rings. The van der Waals surface area contributed by atoms with E-state index in [1.807, 2.05) is 54.2 Å². The fourth-order valence-corrected chi connectivity index (χ4v) is 4.02. The number of rotatable bonds is 7. The smallest absolute Gasteiger partial charge is 0.124 e. The summed E-state index contributed by atoms with van der Waals surface area (Å²) in [6.45, 7) is 4.83. The van der Waals surface area contributed by atoms with Crippen molar-refractivity contribution in [3.05, 3.63) is 113 Å². The second kappa shape index (κ2) is 9.64. The van der Waals surface area contributed by atoms with E-state index < -0.39 is 0 Å². The zero-order valence-corrected chi connectivity index (χ0v) is 18.7.